The molecule has 0 spiro atoms. The third-order valence-corrected chi connectivity index (χ3v) is 4.45. The van der Waals surface area contributed by atoms with Crippen LogP contribution in [0.15, 0.2) is 49.3 Å². The number of imidazole rings is 1. The number of halogens is 5. The number of hydrogen-bond acceptors (Lipinski definition) is 4. The summed E-state index contributed by atoms with van der Waals surface area (Å²) < 4.78 is 68.7. The van der Waals surface area contributed by atoms with Crippen LogP contribution in [-0.4, -0.2) is 26.9 Å². The van der Waals surface area contributed by atoms with Gasteiger partial charge in [-0.2, -0.15) is 8.78 Å². The molecule has 0 aliphatic heterocycles. The molecule has 1 aromatic heterocycles. The number of alkyl halides is 5. The van der Waals surface area contributed by atoms with Gasteiger partial charge in [0.25, 0.3) is 0 Å². The quantitative estimate of drug-likeness (QED) is 0.424. The molecule has 6 nitrogen and oxygen atoms in total. The second kappa shape index (κ2) is 8.72. The molecule has 0 radical (unpaired) electrons. The molecule has 11 heteroatoms. The summed E-state index contributed by atoms with van der Waals surface area (Å²) in [6.45, 7) is -0.336. The van der Waals surface area contributed by atoms with E-state index in [0.29, 0.717) is 21.3 Å². The van der Waals surface area contributed by atoms with Crippen LogP contribution in [0.25, 0.3) is 22.2 Å². The van der Waals surface area contributed by atoms with Crippen LogP contribution in [0.2, 0.25) is 0 Å². The van der Waals surface area contributed by atoms with Gasteiger partial charge in [0, 0.05) is 17.7 Å². The van der Waals surface area contributed by atoms with E-state index < -0.39 is 31.2 Å². The molecule has 2 N–H and O–H groups in total. The third-order valence-electron chi connectivity index (χ3n) is 4.45. The number of nitrogens with one attached hydrogen (secondary N) is 1. The molecule has 0 aliphatic carbocycles. The van der Waals surface area contributed by atoms with Gasteiger partial charge < -0.3 is 15.2 Å². The summed E-state index contributed by atoms with van der Waals surface area (Å²) in [6, 6.07) is 6.33. The first-order chi connectivity index (χ1) is 14.6. The maximum Gasteiger partial charge on any atom is 0.573 e. The molecule has 3 aromatic rings. The van der Waals surface area contributed by atoms with E-state index in [0.717, 1.165) is 24.5 Å². The molecule has 0 fully saturated rings. The van der Waals surface area contributed by atoms with Gasteiger partial charge >= 0.3 is 12.9 Å². The Labute approximate surface area is 172 Å². The lowest BCUT2D eigenvalue weighted by atomic mass is 9.96. The average Bonchev–Trinajstić information content (AvgIpc) is 3.16. The number of hydrogen-bond donors (Lipinski definition) is 2. The smallest absolute Gasteiger partial charge is 0.406 e. The van der Waals surface area contributed by atoms with E-state index in [9.17, 15) is 31.9 Å². The molecule has 0 unspecified atom stereocenters. The van der Waals surface area contributed by atoms with Crippen LogP contribution in [0, 0.1) is 0 Å². The van der Waals surface area contributed by atoms with Gasteiger partial charge in [0.15, 0.2) is 0 Å². The van der Waals surface area contributed by atoms with Gasteiger partial charge in [-0.25, -0.2) is 4.98 Å². The Morgan fingerprint density at radius 1 is 1.29 bits per heavy atom. The van der Waals surface area contributed by atoms with Crippen molar-refractivity contribution in [3.05, 3.63) is 60.4 Å². The Bertz CT molecular complexity index is 1110. The van der Waals surface area contributed by atoms with Crippen molar-refractivity contribution < 1.29 is 36.6 Å². The SMILES string of the molecule is C=CC(=O)NCc1cc(-c2ccc(OC(F)(F)F)cc2)c2ncn(C(F)F)c2c1CO. The minimum Gasteiger partial charge on any atom is -0.406 e. The zero-order valence-electron chi connectivity index (χ0n) is 15.8. The third kappa shape index (κ3) is 4.82. The summed E-state index contributed by atoms with van der Waals surface area (Å²) in [5.74, 6) is -0.961. The van der Waals surface area contributed by atoms with Gasteiger partial charge in [0.1, 0.15) is 12.1 Å². The van der Waals surface area contributed by atoms with Crippen molar-refractivity contribution in [2.75, 3.05) is 0 Å². The number of rotatable bonds is 7. The van der Waals surface area contributed by atoms with E-state index in [1.807, 2.05) is 0 Å². The van der Waals surface area contributed by atoms with Crippen LogP contribution >= 0.6 is 0 Å². The highest BCUT2D eigenvalue weighted by molar-refractivity contribution is 5.95. The number of amides is 1. The lowest BCUT2D eigenvalue weighted by molar-refractivity contribution is -0.274. The van der Waals surface area contributed by atoms with Gasteiger partial charge in [-0.1, -0.05) is 18.7 Å². The minimum atomic E-state index is -4.86. The zero-order chi connectivity index (χ0) is 22.8. The molecule has 164 valence electrons. The summed E-state index contributed by atoms with van der Waals surface area (Å²) in [7, 11) is 0. The van der Waals surface area contributed by atoms with Crippen molar-refractivity contribution in [2.24, 2.45) is 0 Å². The number of aromatic nitrogens is 2. The highest BCUT2D eigenvalue weighted by atomic mass is 19.4. The second-order valence-electron chi connectivity index (χ2n) is 6.34. The summed E-state index contributed by atoms with van der Waals surface area (Å²) in [5, 5.41) is 12.3. The van der Waals surface area contributed by atoms with Gasteiger partial charge in [0.05, 0.1) is 17.6 Å². The molecular weight excluding hydrogens is 425 g/mol. The summed E-state index contributed by atoms with van der Waals surface area (Å²) in [6.07, 6.45) is -2.92. The van der Waals surface area contributed by atoms with Crippen molar-refractivity contribution >= 4 is 16.9 Å². The largest absolute Gasteiger partial charge is 0.573 e. The van der Waals surface area contributed by atoms with Gasteiger partial charge in [-0.15, -0.1) is 13.2 Å². The normalized spacial score (nSPS) is 11.7. The van der Waals surface area contributed by atoms with Crippen LogP contribution in [0.5, 0.6) is 5.75 Å². The summed E-state index contributed by atoms with van der Waals surface area (Å²) in [4.78, 5) is 15.6. The van der Waals surface area contributed by atoms with Crippen molar-refractivity contribution in [3.63, 3.8) is 0 Å². The zero-order valence-corrected chi connectivity index (χ0v) is 15.8. The molecule has 2 aromatic carbocycles. The van der Waals surface area contributed by atoms with Crippen LogP contribution in [-0.2, 0) is 17.9 Å². The van der Waals surface area contributed by atoms with Gasteiger partial charge in [0.2, 0.25) is 5.91 Å². The van der Waals surface area contributed by atoms with Crippen molar-refractivity contribution in [3.8, 4) is 16.9 Å². The Hall–Kier alpha value is -3.47. The molecule has 0 atom stereocenters. The van der Waals surface area contributed by atoms with E-state index in [1.165, 1.54) is 18.2 Å². The van der Waals surface area contributed by atoms with E-state index >= 15 is 0 Å². The summed E-state index contributed by atoms with van der Waals surface area (Å²) >= 11 is 0. The van der Waals surface area contributed by atoms with E-state index in [1.54, 1.807) is 0 Å². The van der Waals surface area contributed by atoms with Crippen LogP contribution < -0.4 is 10.1 Å². The molecule has 0 bridgehead atoms. The molecule has 0 aliphatic rings. The predicted molar refractivity (Wildman–Crippen MR) is 101 cm³/mol. The molecule has 3 rings (SSSR count). The Balaban J connectivity index is 2.16. The maximum atomic E-state index is 13.5. The topological polar surface area (TPSA) is 76.4 Å². The predicted octanol–water partition coefficient (Wildman–Crippen LogP) is 4.29. The number of fused-ring (bicyclic) bond motifs is 1. The number of aliphatic hydroxyl groups excluding tert-OH is 1. The highest BCUT2D eigenvalue weighted by Crippen LogP contribution is 2.35. The van der Waals surface area contributed by atoms with Crippen molar-refractivity contribution in [1.29, 1.82) is 0 Å². The van der Waals surface area contributed by atoms with Gasteiger partial charge in [-0.05, 0) is 35.4 Å². The number of carbonyl (C=O) groups is 1. The van der Waals surface area contributed by atoms with Crippen LogP contribution in [0.3, 0.4) is 0 Å². The number of ether oxygens (including phenoxy) is 1. The lowest BCUT2D eigenvalue weighted by Crippen LogP contribution is -2.21. The molecular formula is C20H16F5N3O3. The Morgan fingerprint density at radius 2 is 1.97 bits per heavy atom. The molecule has 0 saturated heterocycles. The fraction of sp³-hybridized carbons (Fsp3) is 0.200. The fourth-order valence-electron chi connectivity index (χ4n) is 3.13. The molecule has 0 saturated carbocycles. The van der Waals surface area contributed by atoms with E-state index in [-0.39, 0.29) is 23.1 Å². The second-order valence-corrected chi connectivity index (χ2v) is 6.34. The molecule has 1 heterocycles. The lowest BCUT2D eigenvalue weighted by Gasteiger charge is -2.15. The number of benzene rings is 2. The Kier molecular flexibility index (Phi) is 6.25. The minimum absolute atomic E-state index is 0.0477. The molecule has 31 heavy (non-hydrogen) atoms. The number of carbonyl (C=O) groups excluding carboxylic acids is 1. The van der Waals surface area contributed by atoms with E-state index in [2.05, 4.69) is 21.6 Å². The van der Waals surface area contributed by atoms with Crippen molar-refractivity contribution in [2.45, 2.75) is 26.1 Å². The maximum absolute atomic E-state index is 13.5. The first-order valence-corrected chi connectivity index (χ1v) is 8.81. The van der Waals surface area contributed by atoms with E-state index in [4.69, 9.17) is 0 Å². The van der Waals surface area contributed by atoms with Gasteiger partial charge in [-0.3, -0.25) is 9.36 Å². The fourth-order valence-corrected chi connectivity index (χ4v) is 3.13. The molecule has 1 amide bonds. The standard InChI is InChI=1S/C20H16F5N3O3/c1-2-16(30)26-8-12-7-14(11-3-5-13(6-4-11)31-20(23,24)25)17-18(15(12)9-29)28(10-27-17)19(21)22/h2-7,10,19,29H,1,8-9H2,(H,26,30). The van der Waals surface area contributed by atoms with Crippen LogP contribution in [0.4, 0.5) is 22.0 Å². The first kappa shape index (κ1) is 22.2. The first-order valence-electron chi connectivity index (χ1n) is 8.81. The summed E-state index contributed by atoms with van der Waals surface area (Å²) in [5.41, 5.74) is 1.24. The Morgan fingerprint density at radius 3 is 2.52 bits per heavy atom. The average molecular weight is 441 g/mol. The highest BCUT2D eigenvalue weighted by Gasteiger charge is 2.31. The van der Waals surface area contributed by atoms with Crippen molar-refractivity contribution in [1.82, 2.24) is 14.9 Å². The van der Waals surface area contributed by atoms with Crippen LogP contribution in [0.1, 0.15) is 17.7 Å². The monoisotopic (exact) mass is 441 g/mol. The number of nitrogens with zero attached hydrogens (tertiary/aromatic N) is 2. The number of aliphatic hydroxyl groups is 1.